The molecule has 4 bridgehead atoms. The first-order valence-corrected chi connectivity index (χ1v) is 10.2. The molecule has 0 radical (unpaired) electrons. The molecule has 2 aromatic rings. The van der Waals surface area contributed by atoms with Gasteiger partial charge in [-0.25, -0.2) is 9.13 Å². The molecule has 0 N–H and O–H groups in total. The minimum absolute atomic E-state index is 0.610. The molecular formula is C22H31N2+. The van der Waals surface area contributed by atoms with E-state index in [-0.39, 0.29) is 0 Å². The van der Waals surface area contributed by atoms with Crippen molar-refractivity contribution in [1.29, 1.82) is 0 Å². The third-order valence-electron chi connectivity index (χ3n) is 7.20. The fourth-order valence-corrected chi connectivity index (χ4v) is 6.72. The predicted molar refractivity (Wildman–Crippen MR) is 97.6 cm³/mol. The summed E-state index contributed by atoms with van der Waals surface area (Å²) in [7, 11) is 0. The topological polar surface area (TPSA) is 8.81 Å². The van der Waals surface area contributed by atoms with Crippen LogP contribution in [0.25, 0.3) is 11.0 Å². The molecule has 24 heavy (non-hydrogen) atoms. The first-order valence-electron chi connectivity index (χ1n) is 10.2. The second-order valence-electron chi connectivity index (χ2n) is 9.20. The number of benzene rings is 1. The molecule has 6 rings (SSSR count). The average molecular weight is 324 g/mol. The van der Waals surface area contributed by atoms with E-state index in [4.69, 9.17) is 0 Å². The van der Waals surface area contributed by atoms with Gasteiger partial charge in [-0.1, -0.05) is 25.5 Å². The number of fused-ring (bicyclic) bond motifs is 1. The second kappa shape index (κ2) is 5.61. The van der Waals surface area contributed by atoms with Crippen molar-refractivity contribution in [3.8, 4) is 0 Å². The maximum absolute atomic E-state index is 2.61. The summed E-state index contributed by atoms with van der Waals surface area (Å²) in [5.74, 6) is 3.14. The molecule has 0 unspecified atom stereocenters. The highest BCUT2D eigenvalue weighted by Gasteiger charge is 2.52. The van der Waals surface area contributed by atoms with Crippen LogP contribution >= 0.6 is 0 Å². The molecule has 1 aromatic heterocycles. The summed E-state index contributed by atoms with van der Waals surface area (Å²) in [5.41, 5.74) is 3.49. The zero-order valence-electron chi connectivity index (χ0n) is 15.1. The number of nitrogens with zero attached hydrogens (tertiary/aromatic N) is 2. The van der Waals surface area contributed by atoms with Crippen LogP contribution in [0, 0.1) is 23.2 Å². The Morgan fingerprint density at radius 3 is 2.38 bits per heavy atom. The lowest BCUT2D eigenvalue weighted by Crippen LogP contribution is -2.53. The number of aromatic nitrogens is 2. The SMILES string of the molecule is CCCCn1c[n+](CC23CC4CC(CC(C4)C2)C3)c2ccccc21. The number of aryl methyl sites for hydroxylation is 1. The molecule has 1 heterocycles. The zero-order chi connectivity index (χ0) is 16.1. The van der Waals surface area contributed by atoms with Crippen molar-refractivity contribution in [3.63, 3.8) is 0 Å². The van der Waals surface area contributed by atoms with Gasteiger partial charge in [0, 0.05) is 5.41 Å². The monoisotopic (exact) mass is 323 g/mol. The van der Waals surface area contributed by atoms with Crippen molar-refractivity contribution in [2.75, 3.05) is 0 Å². The molecule has 1 aromatic carbocycles. The lowest BCUT2D eigenvalue weighted by atomic mass is 9.49. The Bertz CT molecular complexity index is 706. The van der Waals surface area contributed by atoms with Crippen molar-refractivity contribution in [2.45, 2.75) is 71.4 Å². The van der Waals surface area contributed by atoms with Crippen LogP contribution in [0.4, 0.5) is 0 Å². The lowest BCUT2D eigenvalue weighted by molar-refractivity contribution is -0.688. The summed E-state index contributed by atoms with van der Waals surface area (Å²) in [6.45, 7) is 4.70. The van der Waals surface area contributed by atoms with Crippen molar-refractivity contribution in [1.82, 2.24) is 4.57 Å². The van der Waals surface area contributed by atoms with Crippen LogP contribution in [0.5, 0.6) is 0 Å². The van der Waals surface area contributed by atoms with Gasteiger partial charge >= 0.3 is 0 Å². The maximum Gasteiger partial charge on any atom is 0.244 e. The molecule has 0 saturated heterocycles. The summed E-state index contributed by atoms with van der Waals surface area (Å²) in [5, 5.41) is 0. The highest BCUT2D eigenvalue weighted by Crippen LogP contribution is 2.60. The van der Waals surface area contributed by atoms with Gasteiger partial charge in [0.2, 0.25) is 6.33 Å². The van der Waals surface area contributed by atoms with E-state index in [0.717, 1.165) is 24.3 Å². The summed E-state index contributed by atoms with van der Waals surface area (Å²) >= 11 is 0. The molecular weight excluding hydrogens is 292 g/mol. The fourth-order valence-electron chi connectivity index (χ4n) is 6.72. The first kappa shape index (κ1) is 15.0. The number of unbranched alkanes of at least 4 members (excludes halogenated alkanes) is 1. The normalized spacial score (nSPS) is 34.3. The van der Waals surface area contributed by atoms with E-state index in [1.807, 2.05) is 0 Å². The Morgan fingerprint density at radius 1 is 1.04 bits per heavy atom. The molecule has 4 aliphatic carbocycles. The minimum atomic E-state index is 0.610. The zero-order valence-corrected chi connectivity index (χ0v) is 15.1. The summed E-state index contributed by atoms with van der Waals surface area (Å²) in [6.07, 6.45) is 14.1. The molecule has 0 spiro atoms. The Morgan fingerprint density at radius 2 is 1.71 bits per heavy atom. The van der Waals surface area contributed by atoms with Crippen LogP contribution in [-0.2, 0) is 13.1 Å². The highest BCUT2D eigenvalue weighted by molar-refractivity contribution is 5.71. The molecule has 4 fully saturated rings. The molecule has 0 aliphatic heterocycles. The largest absolute Gasteiger partial charge is 0.244 e. The van der Waals surface area contributed by atoms with Crippen molar-refractivity contribution < 1.29 is 4.57 Å². The molecule has 2 heteroatoms. The van der Waals surface area contributed by atoms with E-state index in [1.54, 1.807) is 19.3 Å². The van der Waals surface area contributed by atoms with Crippen LogP contribution in [0.1, 0.15) is 58.3 Å². The Balaban J connectivity index is 1.49. The van der Waals surface area contributed by atoms with E-state index in [2.05, 4.69) is 46.7 Å². The van der Waals surface area contributed by atoms with Gasteiger partial charge in [0.1, 0.15) is 0 Å². The number of imidazole rings is 1. The van der Waals surface area contributed by atoms with E-state index in [0.29, 0.717) is 5.41 Å². The third kappa shape index (κ3) is 2.41. The van der Waals surface area contributed by atoms with Crippen LogP contribution in [0.3, 0.4) is 0 Å². The number of hydrogen-bond donors (Lipinski definition) is 0. The number of hydrogen-bond acceptors (Lipinski definition) is 0. The Kier molecular flexibility index (Phi) is 3.50. The van der Waals surface area contributed by atoms with Gasteiger partial charge in [-0.2, -0.15) is 0 Å². The number of rotatable bonds is 5. The first-order chi connectivity index (χ1) is 11.7. The molecule has 0 amide bonds. The molecule has 4 aliphatic rings. The quantitative estimate of drug-likeness (QED) is 0.689. The van der Waals surface area contributed by atoms with Gasteiger partial charge in [0.15, 0.2) is 11.0 Å². The van der Waals surface area contributed by atoms with Gasteiger partial charge in [0.05, 0.1) is 13.1 Å². The van der Waals surface area contributed by atoms with Gasteiger partial charge in [-0.3, -0.25) is 0 Å². The Hall–Kier alpha value is -1.31. The van der Waals surface area contributed by atoms with Gasteiger partial charge in [0.25, 0.3) is 0 Å². The van der Waals surface area contributed by atoms with Gasteiger partial charge < -0.3 is 0 Å². The van der Waals surface area contributed by atoms with Gasteiger partial charge in [-0.05, 0) is 74.8 Å². The highest BCUT2D eigenvalue weighted by atomic mass is 15.1. The molecule has 0 atom stereocenters. The summed E-state index contributed by atoms with van der Waals surface area (Å²) < 4.78 is 5.11. The van der Waals surface area contributed by atoms with Crippen molar-refractivity contribution >= 4 is 11.0 Å². The standard InChI is InChI=1S/C22H31N2/c1-2-3-8-23-16-24(21-7-5-4-6-20(21)23)15-22-12-17-9-18(13-22)11-19(10-17)14-22/h4-7,16-19H,2-3,8-15H2,1H3/q+1. The molecule has 2 nitrogen and oxygen atoms in total. The summed E-state index contributed by atoms with van der Waals surface area (Å²) in [6, 6.07) is 9.04. The molecule has 128 valence electrons. The minimum Gasteiger partial charge on any atom is -0.230 e. The van der Waals surface area contributed by atoms with E-state index in [9.17, 15) is 0 Å². The Labute approximate surface area is 145 Å². The summed E-state index contributed by atoms with van der Waals surface area (Å²) in [4.78, 5) is 0. The lowest BCUT2D eigenvalue weighted by Gasteiger charge is -2.56. The second-order valence-corrected chi connectivity index (χ2v) is 9.20. The van der Waals surface area contributed by atoms with Crippen LogP contribution in [0.15, 0.2) is 30.6 Å². The smallest absolute Gasteiger partial charge is 0.230 e. The number of para-hydroxylation sites is 2. The third-order valence-corrected chi connectivity index (χ3v) is 7.20. The average Bonchev–Trinajstić information content (AvgIpc) is 2.89. The van der Waals surface area contributed by atoms with E-state index in [1.165, 1.54) is 49.7 Å². The van der Waals surface area contributed by atoms with Crippen LogP contribution in [0.2, 0.25) is 0 Å². The fraction of sp³-hybridized carbons (Fsp3) is 0.682. The van der Waals surface area contributed by atoms with Crippen LogP contribution in [-0.4, -0.2) is 4.57 Å². The predicted octanol–water partition coefficient (Wildman–Crippen LogP) is 4.95. The maximum atomic E-state index is 2.61. The van der Waals surface area contributed by atoms with Crippen molar-refractivity contribution in [2.24, 2.45) is 23.2 Å². The van der Waals surface area contributed by atoms with Crippen LogP contribution < -0.4 is 4.57 Å². The van der Waals surface area contributed by atoms with E-state index < -0.39 is 0 Å². The molecule has 4 saturated carbocycles. The van der Waals surface area contributed by atoms with Gasteiger partial charge in [-0.15, -0.1) is 0 Å². The van der Waals surface area contributed by atoms with Crippen molar-refractivity contribution in [3.05, 3.63) is 30.6 Å². The van der Waals surface area contributed by atoms with E-state index >= 15 is 0 Å².